The van der Waals surface area contributed by atoms with Gasteiger partial charge in [0.05, 0.1) is 20.3 Å². The second-order valence-electron chi connectivity index (χ2n) is 4.51. The Bertz CT molecular complexity index is 425. The van der Waals surface area contributed by atoms with Gasteiger partial charge in [-0.25, -0.2) is 0 Å². The maximum atomic E-state index is 10.1. The molecule has 100 valence electrons. The Labute approximate surface area is 112 Å². The zero-order valence-corrected chi connectivity index (χ0v) is 11.4. The zero-order valence-electron chi connectivity index (χ0n) is 10.6. The number of aromatic hydroxyl groups is 1. The van der Waals surface area contributed by atoms with E-state index in [2.05, 4.69) is 11.8 Å². The van der Waals surface area contributed by atoms with Gasteiger partial charge in [0.2, 0.25) is 0 Å². The molecule has 1 fully saturated rings. The van der Waals surface area contributed by atoms with E-state index in [-0.39, 0.29) is 5.75 Å². The SMILES string of the molecule is COc1cc(Cl)cc(CN2CCOCC2C)c1O. The standard InChI is InChI=1S/C13H18ClNO3/c1-9-8-18-4-3-15(9)7-10-5-11(14)6-12(17-2)13(10)16/h5-6,9,16H,3-4,7-8H2,1-2H3. The second kappa shape index (κ2) is 5.78. The number of ether oxygens (including phenoxy) is 2. The summed E-state index contributed by atoms with van der Waals surface area (Å²) >= 11 is 6.02. The van der Waals surface area contributed by atoms with Crippen LogP contribution in [-0.2, 0) is 11.3 Å². The monoisotopic (exact) mass is 271 g/mol. The molecule has 0 bridgehead atoms. The number of nitrogens with zero attached hydrogens (tertiary/aromatic N) is 1. The van der Waals surface area contributed by atoms with E-state index in [1.54, 1.807) is 12.1 Å². The molecular weight excluding hydrogens is 254 g/mol. The van der Waals surface area contributed by atoms with Crippen LogP contribution in [0.5, 0.6) is 11.5 Å². The summed E-state index contributed by atoms with van der Waals surface area (Å²) in [5.74, 6) is 0.582. The molecule has 5 heteroatoms. The van der Waals surface area contributed by atoms with Crippen molar-refractivity contribution in [1.82, 2.24) is 4.90 Å². The Balaban J connectivity index is 2.20. The molecule has 1 unspecified atom stereocenters. The van der Waals surface area contributed by atoms with Crippen LogP contribution in [0, 0.1) is 0 Å². The highest BCUT2D eigenvalue weighted by Crippen LogP contribution is 2.34. The van der Waals surface area contributed by atoms with Crippen molar-refractivity contribution in [3.63, 3.8) is 0 Å². The van der Waals surface area contributed by atoms with Crippen LogP contribution >= 0.6 is 11.6 Å². The Morgan fingerprint density at radius 2 is 2.33 bits per heavy atom. The molecule has 1 atom stereocenters. The molecule has 4 nitrogen and oxygen atoms in total. The van der Waals surface area contributed by atoms with E-state index in [4.69, 9.17) is 21.1 Å². The van der Waals surface area contributed by atoms with Gasteiger partial charge in [-0.1, -0.05) is 11.6 Å². The van der Waals surface area contributed by atoms with Crippen molar-refractivity contribution in [1.29, 1.82) is 0 Å². The van der Waals surface area contributed by atoms with Crippen molar-refractivity contribution < 1.29 is 14.6 Å². The minimum absolute atomic E-state index is 0.167. The van der Waals surface area contributed by atoms with Crippen molar-refractivity contribution in [3.8, 4) is 11.5 Å². The number of phenolic OH excluding ortho intramolecular Hbond substituents is 1. The van der Waals surface area contributed by atoms with Crippen LogP contribution in [0.4, 0.5) is 0 Å². The summed E-state index contributed by atoms with van der Waals surface area (Å²) in [6.45, 7) is 5.06. The van der Waals surface area contributed by atoms with Gasteiger partial charge >= 0.3 is 0 Å². The third-order valence-electron chi connectivity index (χ3n) is 3.22. The molecule has 1 N–H and O–H groups in total. The van der Waals surface area contributed by atoms with E-state index in [0.717, 1.165) is 25.3 Å². The number of hydrogen-bond acceptors (Lipinski definition) is 4. The molecule has 0 spiro atoms. The van der Waals surface area contributed by atoms with Crippen molar-refractivity contribution in [2.45, 2.75) is 19.5 Å². The first kappa shape index (κ1) is 13.5. The molecule has 1 saturated heterocycles. The Hall–Kier alpha value is -0.970. The molecule has 0 aliphatic carbocycles. The quantitative estimate of drug-likeness (QED) is 0.916. The van der Waals surface area contributed by atoms with Gasteiger partial charge in [-0.05, 0) is 13.0 Å². The summed E-state index contributed by atoms with van der Waals surface area (Å²) in [5, 5.41) is 10.7. The number of morpholine rings is 1. The molecular formula is C13H18ClNO3. The smallest absolute Gasteiger partial charge is 0.162 e. The lowest BCUT2D eigenvalue weighted by Gasteiger charge is -2.33. The van der Waals surface area contributed by atoms with Gasteiger partial charge in [0.1, 0.15) is 0 Å². The highest BCUT2D eigenvalue weighted by Gasteiger charge is 2.21. The highest BCUT2D eigenvalue weighted by molar-refractivity contribution is 6.30. The number of benzene rings is 1. The summed E-state index contributed by atoms with van der Waals surface area (Å²) in [6.07, 6.45) is 0. The first-order valence-corrected chi connectivity index (χ1v) is 6.36. The van der Waals surface area contributed by atoms with Crippen molar-refractivity contribution in [3.05, 3.63) is 22.7 Å². The summed E-state index contributed by atoms with van der Waals surface area (Å²) in [7, 11) is 1.52. The van der Waals surface area contributed by atoms with E-state index >= 15 is 0 Å². The number of methoxy groups -OCH3 is 1. The van der Waals surface area contributed by atoms with Gasteiger partial charge < -0.3 is 14.6 Å². The topological polar surface area (TPSA) is 41.9 Å². The van der Waals surface area contributed by atoms with Crippen molar-refractivity contribution >= 4 is 11.6 Å². The molecule has 1 aromatic rings. The normalized spacial score (nSPS) is 20.9. The van der Waals surface area contributed by atoms with Crippen LogP contribution in [0.15, 0.2) is 12.1 Å². The van der Waals surface area contributed by atoms with Gasteiger partial charge in [0, 0.05) is 35.8 Å². The highest BCUT2D eigenvalue weighted by atomic mass is 35.5. The summed E-state index contributed by atoms with van der Waals surface area (Å²) in [6, 6.07) is 3.73. The van der Waals surface area contributed by atoms with Crippen LogP contribution in [-0.4, -0.2) is 42.9 Å². The molecule has 1 aromatic carbocycles. The van der Waals surface area contributed by atoms with Crippen LogP contribution in [0.2, 0.25) is 5.02 Å². The lowest BCUT2D eigenvalue weighted by Crippen LogP contribution is -2.42. The van der Waals surface area contributed by atoms with Crippen LogP contribution in [0.1, 0.15) is 12.5 Å². The fourth-order valence-electron chi connectivity index (χ4n) is 2.12. The summed E-state index contributed by atoms with van der Waals surface area (Å²) in [4.78, 5) is 2.26. The number of phenols is 1. The van der Waals surface area contributed by atoms with E-state index in [1.807, 2.05) is 0 Å². The molecule has 1 aliphatic rings. The fraction of sp³-hybridized carbons (Fsp3) is 0.538. The molecule has 0 saturated carbocycles. The van der Waals surface area contributed by atoms with Gasteiger partial charge in [0.25, 0.3) is 0 Å². The minimum Gasteiger partial charge on any atom is -0.504 e. The summed E-state index contributed by atoms with van der Waals surface area (Å²) in [5.41, 5.74) is 0.785. The first-order valence-electron chi connectivity index (χ1n) is 5.99. The largest absolute Gasteiger partial charge is 0.504 e. The third-order valence-corrected chi connectivity index (χ3v) is 3.44. The zero-order chi connectivity index (χ0) is 13.1. The molecule has 18 heavy (non-hydrogen) atoms. The molecule has 1 heterocycles. The minimum atomic E-state index is 0.167. The fourth-order valence-corrected chi connectivity index (χ4v) is 2.35. The van der Waals surface area contributed by atoms with Crippen molar-refractivity contribution in [2.75, 3.05) is 26.9 Å². The average Bonchev–Trinajstić information content (AvgIpc) is 2.36. The maximum Gasteiger partial charge on any atom is 0.162 e. The number of hydrogen-bond donors (Lipinski definition) is 1. The predicted molar refractivity (Wildman–Crippen MR) is 70.4 cm³/mol. The van der Waals surface area contributed by atoms with E-state index in [0.29, 0.717) is 23.4 Å². The van der Waals surface area contributed by atoms with Gasteiger partial charge in [0.15, 0.2) is 11.5 Å². The van der Waals surface area contributed by atoms with Gasteiger partial charge in [-0.2, -0.15) is 0 Å². The first-order chi connectivity index (χ1) is 8.61. The van der Waals surface area contributed by atoms with Crippen LogP contribution < -0.4 is 4.74 Å². The summed E-state index contributed by atoms with van der Waals surface area (Å²) < 4.78 is 10.5. The third kappa shape index (κ3) is 2.88. The lowest BCUT2D eigenvalue weighted by atomic mass is 10.1. The van der Waals surface area contributed by atoms with Crippen molar-refractivity contribution in [2.24, 2.45) is 0 Å². The van der Waals surface area contributed by atoms with Gasteiger partial charge in [-0.15, -0.1) is 0 Å². The Morgan fingerprint density at radius 3 is 3.00 bits per heavy atom. The number of halogens is 1. The Morgan fingerprint density at radius 1 is 1.56 bits per heavy atom. The molecule has 0 radical (unpaired) electrons. The molecule has 1 aliphatic heterocycles. The average molecular weight is 272 g/mol. The number of rotatable bonds is 3. The van der Waals surface area contributed by atoms with E-state index in [9.17, 15) is 5.11 Å². The lowest BCUT2D eigenvalue weighted by molar-refractivity contribution is -0.00467. The Kier molecular flexibility index (Phi) is 4.32. The van der Waals surface area contributed by atoms with E-state index < -0.39 is 0 Å². The molecule has 0 aromatic heterocycles. The van der Waals surface area contributed by atoms with Crippen LogP contribution in [0.3, 0.4) is 0 Å². The molecule has 2 rings (SSSR count). The molecule has 0 amide bonds. The second-order valence-corrected chi connectivity index (χ2v) is 4.95. The van der Waals surface area contributed by atoms with Crippen LogP contribution in [0.25, 0.3) is 0 Å². The van der Waals surface area contributed by atoms with Gasteiger partial charge in [-0.3, -0.25) is 4.90 Å². The predicted octanol–water partition coefficient (Wildman–Crippen LogP) is 2.27. The maximum absolute atomic E-state index is 10.1. The van der Waals surface area contributed by atoms with E-state index in [1.165, 1.54) is 7.11 Å².